The number of nitrogens with two attached hydrogens (primary N) is 1. The minimum absolute atomic E-state index is 0.00602. The van der Waals surface area contributed by atoms with Crippen molar-refractivity contribution in [2.45, 2.75) is 20.4 Å². The van der Waals surface area contributed by atoms with Crippen molar-refractivity contribution in [2.24, 2.45) is 5.92 Å². The molecular weight excluding hydrogens is 268 g/mol. The number of esters is 1. The quantitative estimate of drug-likeness (QED) is 0.872. The Kier molecular flexibility index (Phi) is 3.87. The predicted molar refractivity (Wildman–Crippen MR) is 69.9 cm³/mol. The van der Waals surface area contributed by atoms with Crippen LogP contribution in [0.2, 0.25) is 0 Å². The Morgan fingerprint density at radius 1 is 1.40 bits per heavy atom. The number of hydrogen-bond acceptors (Lipinski definition) is 4. The van der Waals surface area contributed by atoms with Gasteiger partial charge in [0.25, 0.3) is 0 Å². The van der Waals surface area contributed by atoms with E-state index in [9.17, 15) is 13.6 Å². The Bertz CT molecular complexity index is 653. The molecule has 0 unspecified atom stereocenters. The van der Waals surface area contributed by atoms with Gasteiger partial charge in [0.15, 0.2) is 11.6 Å². The lowest BCUT2D eigenvalue weighted by atomic mass is 10.2. The van der Waals surface area contributed by atoms with Crippen molar-refractivity contribution >= 4 is 23.0 Å². The molecule has 0 aliphatic heterocycles. The molecule has 0 atom stereocenters. The second-order valence-corrected chi connectivity index (χ2v) is 4.89. The summed E-state index contributed by atoms with van der Waals surface area (Å²) in [4.78, 5) is 15.6. The number of aromatic nitrogens is 2. The zero-order chi connectivity index (χ0) is 14.9. The molecule has 0 radical (unpaired) electrons. The van der Waals surface area contributed by atoms with Crippen LogP contribution in [0.1, 0.15) is 13.8 Å². The molecule has 1 aromatic heterocycles. The standard InChI is InChI=1S/C13H15F2N3O2/c1-7(2)6-20-12(19)5-18-11-4-9(15)8(14)3-10(11)17-13(18)16/h3-4,7H,5-6H2,1-2H3,(H2,16,17). The third-order valence-electron chi connectivity index (χ3n) is 2.68. The number of fused-ring (bicyclic) bond motifs is 1. The molecule has 0 saturated carbocycles. The number of imidazole rings is 1. The largest absolute Gasteiger partial charge is 0.464 e. The molecule has 0 aliphatic rings. The van der Waals surface area contributed by atoms with E-state index in [1.165, 1.54) is 4.57 Å². The second kappa shape index (κ2) is 5.44. The van der Waals surface area contributed by atoms with E-state index in [0.717, 1.165) is 12.1 Å². The van der Waals surface area contributed by atoms with Crippen LogP contribution >= 0.6 is 0 Å². The zero-order valence-electron chi connectivity index (χ0n) is 11.2. The fourth-order valence-corrected chi connectivity index (χ4v) is 1.74. The fraction of sp³-hybridized carbons (Fsp3) is 0.385. The van der Waals surface area contributed by atoms with Gasteiger partial charge in [-0.25, -0.2) is 13.8 Å². The van der Waals surface area contributed by atoms with Crippen LogP contribution in [0.3, 0.4) is 0 Å². The van der Waals surface area contributed by atoms with Crippen molar-refractivity contribution in [3.63, 3.8) is 0 Å². The van der Waals surface area contributed by atoms with E-state index < -0.39 is 17.6 Å². The highest BCUT2D eigenvalue weighted by molar-refractivity contribution is 5.81. The first-order chi connectivity index (χ1) is 9.38. The van der Waals surface area contributed by atoms with Gasteiger partial charge in [0, 0.05) is 12.1 Å². The van der Waals surface area contributed by atoms with E-state index in [-0.39, 0.29) is 36.1 Å². The number of ether oxygens (including phenoxy) is 1. The molecule has 0 saturated heterocycles. The minimum Gasteiger partial charge on any atom is -0.464 e. The Morgan fingerprint density at radius 2 is 2.05 bits per heavy atom. The second-order valence-electron chi connectivity index (χ2n) is 4.89. The smallest absolute Gasteiger partial charge is 0.326 e. The number of nitrogen functional groups attached to an aromatic ring is 1. The fourth-order valence-electron chi connectivity index (χ4n) is 1.74. The summed E-state index contributed by atoms with van der Waals surface area (Å²) >= 11 is 0. The Morgan fingerprint density at radius 3 is 2.70 bits per heavy atom. The summed E-state index contributed by atoms with van der Waals surface area (Å²) in [6.07, 6.45) is 0. The lowest BCUT2D eigenvalue weighted by Gasteiger charge is -2.09. The van der Waals surface area contributed by atoms with Crippen molar-refractivity contribution in [3.05, 3.63) is 23.8 Å². The topological polar surface area (TPSA) is 70.1 Å². The molecule has 0 amide bonds. The molecular formula is C13H15F2N3O2. The van der Waals surface area contributed by atoms with E-state index >= 15 is 0 Å². The molecule has 108 valence electrons. The highest BCUT2D eigenvalue weighted by Gasteiger charge is 2.15. The molecule has 5 nitrogen and oxygen atoms in total. The number of rotatable bonds is 4. The summed E-state index contributed by atoms with van der Waals surface area (Å²) in [5.74, 6) is -2.32. The first-order valence-corrected chi connectivity index (χ1v) is 6.15. The molecule has 0 bridgehead atoms. The van der Waals surface area contributed by atoms with Gasteiger partial charge in [-0.15, -0.1) is 0 Å². The highest BCUT2D eigenvalue weighted by Crippen LogP contribution is 2.21. The van der Waals surface area contributed by atoms with Crippen LogP contribution in [0.4, 0.5) is 14.7 Å². The average Bonchev–Trinajstić information content (AvgIpc) is 2.64. The first kappa shape index (κ1) is 14.2. The van der Waals surface area contributed by atoms with Gasteiger partial charge in [0.1, 0.15) is 6.54 Å². The van der Waals surface area contributed by atoms with Crippen molar-refractivity contribution in [2.75, 3.05) is 12.3 Å². The maximum Gasteiger partial charge on any atom is 0.326 e. The number of benzene rings is 1. The molecule has 1 aromatic carbocycles. The third kappa shape index (κ3) is 2.87. The summed E-state index contributed by atoms with van der Waals surface area (Å²) in [6, 6.07) is 1.90. The summed E-state index contributed by atoms with van der Waals surface area (Å²) in [6.45, 7) is 3.91. The van der Waals surface area contributed by atoms with Crippen molar-refractivity contribution in [1.82, 2.24) is 9.55 Å². The molecule has 1 heterocycles. The lowest BCUT2D eigenvalue weighted by molar-refractivity contribution is -0.145. The van der Waals surface area contributed by atoms with Gasteiger partial charge in [-0.2, -0.15) is 0 Å². The summed E-state index contributed by atoms with van der Waals surface area (Å²) in [5.41, 5.74) is 6.10. The van der Waals surface area contributed by atoms with Crippen LogP contribution in [0, 0.1) is 17.6 Å². The highest BCUT2D eigenvalue weighted by atomic mass is 19.2. The minimum atomic E-state index is -1.02. The molecule has 0 aliphatic carbocycles. The van der Waals surface area contributed by atoms with Crippen LogP contribution < -0.4 is 5.73 Å². The summed E-state index contributed by atoms with van der Waals surface area (Å²) in [5, 5.41) is 0. The van der Waals surface area contributed by atoms with E-state index in [4.69, 9.17) is 10.5 Å². The van der Waals surface area contributed by atoms with E-state index in [0.29, 0.717) is 0 Å². The lowest BCUT2D eigenvalue weighted by Crippen LogP contribution is -2.17. The Hall–Kier alpha value is -2.18. The number of carbonyl (C=O) groups excluding carboxylic acids is 1. The van der Waals surface area contributed by atoms with Crippen LogP contribution in [0.5, 0.6) is 0 Å². The molecule has 7 heteroatoms. The molecule has 2 aromatic rings. The normalized spacial score (nSPS) is 11.2. The molecule has 20 heavy (non-hydrogen) atoms. The van der Waals surface area contributed by atoms with Gasteiger partial charge in [0.05, 0.1) is 17.6 Å². The van der Waals surface area contributed by atoms with Gasteiger partial charge in [-0.05, 0) is 5.92 Å². The van der Waals surface area contributed by atoms with Gasteiger partial charge in [-0.3, -0.25) is 9.36 Å². The SMILES string of the molecule is CC(C)COC(=O)Cn1c(N)nc2cc(F)c(F)cc21. The maximum atomic E-state index is 13.3. The average molecular weight is 283 g/mol. The van der Waals surface area contributed by atoms with Crippen LogP contribution in [0.25, 0.3) is 11.0 Å². The molecule has 2 N–H and O–H groups in total. The third-order valence-corrected chi connectivity index (χ3v) is 2.68. The van der Waals surface area contributed by atoms with Gasteiger partial charge < -0.3 is 10.5 Å². The van der Waals surface area contributed by atoms with Gasteiger partial charge >= 0.3 is 5.97 Å². The van der Waals surface area contributed by atoms with Crippen molar-refractivity contribution < 1.29 is 18.3 Å². The van der Waals surface area contributed by atoms with E-state index in [1.807, 2.05) is 13.8 Å². The van der Waals surface area contributed by atoms with E-state index in [1.54, 1.807) is 0 Å². The Balaban J connectivity index is 2.27. The number of halogens is 2. The Labute approximate surface area is 114 Å². The molecule has 2 rings (SSSR count). The van der Waals surface area contributed by atoms with Gasteiger partial charge in [0.2, 0.25) is 5.95 Å². The number of carbonyl (C=O) groups is 1. The molecule has 0 spiro atoms. The number of nitrogens with zero attached hydrogens (tertiary/aromatic N) is 2. The molecule has 0 fully saturated rings. The number of anilines is 1. The maximum absolute atomic E-state index is 13.3. The van der Waals surface area contributed by atoms with Crippen LogP contribution in [-0.4, -0.2) is 22.1 Å². The number of hydrogen-bond donors (Lipinski definition) is 1. The van der Waals surface area contributed by atoms with Crippen molar-refractivity contribution in [3.8, 4) is 0 Å². The zero-order valence-corrected chi connectivity index (χ0v) is 11.2. The van der Waals surface area contributed by atoms with Crippen LogP contribution in [0.15, 0.2) is 12.1 Å². The van der Waals surface area contributed by atoms with Crippen molar-refractivity contribution in [1.29, 1.82) is 0 Å². The van der Waals surface area contributed by atoms with E-state index in [2.05, 4.69) is 4.98 Å². The summed E-state index contributed by atoms with van der Waals surface area (Å²) < 4.78 is 32.7. The monoisotopic (exact) mass is 283 g/mol. The van der Waals surface area contributed by atoms with Gasteiger partial charge in [-0.1, -0.05) is 13.8 Å². The first-order valence-electron chi connectivity index (χ1n) is 6.15. The predicted octanol–water partition coefficient (Wildman–Crippen LogP) is 2.10. The van der Waals surface area contributed by atoms with Crippen LogP contribution in [-0.2, 0) is 16.1 Å². The summed E-state index contributed by atoms with van der Waals surface area (Å²) in [7, 11) is 0.